The van der Waals surface area contributed by atoms with Gasteiger partial charge in [0.05, 0.1) is 23.0 Å². The molecule has 0 amide bonds. The Kier molecular flexibility index (Phi) is 4.17. The summed E-state index contributed by atoms with van der Waals surface area (Å²) in [7, 11) is 0. The van der Waals surface area contributed by atoms with E-state index in [0.717, 1.165) is 0 Å². The molecular formula is C17H19N3O5S. The van der Waals surface area contributed by atoms with E-state index in [1.807, 2.05) is 11.8 Å². The Morgan fingerprint density at radius 1 is 1.38 bits per heavy atom. The predicted octanol–water partition coefficient (Wildman–Crippen LogP) is 2.60. The molecule has 3 heterocycles. The maximum absolute atomic E-state index is 12.5. The van der Waals surface area contributed by atoms with Gasteiger partial charge in [-0.25, -0.2) is 0 Å². The highest BCUT2D eigenvalue weighted by molar-refractivity contribution is 7.22. The fourth-order valence-electron chi connectivity index (χ4n) is 3.56. The minimum absolute atomic E-state index is 0.0458. The van der Waals surface area contributed by atoms with E-state index in [9.17, 15) is 14.9 Å². The van der Waals surface area contributed by atoms with E-state index in [-0.39, 0.29) is 11.8 Å². The van der Waals surface area contributed by atoms with Crippen LogP contribution in [0, 0.1) is 17.0 Å². The molecule has 1 spiro atoms. The van der Waals surface area contributed by atoms with Crippen LogP contribution in [0.1, 0.15) is 25.3 Å². The zero-order chi connectivity index (χ0) is 18.5. The molecule has 4 rings (SSSR count). The normalized spacial score (nSPS) is 22.2. The van der Waals surface area contributed by atoms with E-state index in [2.05, 4.69) is 4.98 Å². The summed E-state index contributed by atoms with van der Waals surface area (Å²) in [5.74, 6) is -0.541. The van der Waals surface area contributed by atoms with Crippen molar-refractivity contribution in [1.82, 2.24) is 4.98 Å². The second kappa shape index (κ2) is 6.26. The van der Waals surface area contributed by atoms with Crippen LogP contribution in [-0.2, 0) is 9.47 Å². The number of non-ortho nitro benzene ring substituents is 1. The quantitative estimate of drug-likeness (QED) is 0.586. The van der Waals surface area contributed by atoms with Gasteiger partial charge in [0.2, 0.25) is 0 Å². The maximum atomic E-state index is 12.5. The van der Waals surface area contributed by atoms with Crippen molar-refractivity contribution in [1.29, 1.82) is 0 Å². The van der Waals surface area contributed by atoms with E-state index in [4.69, 9.17) is 9.47 Å². The fourth-order valence-corrected chi connectivity index (χ4v) is 4.67. The highest BCUT2D eigenvalue weighted by Gasteiger charge is 2.43. The molecule has 9 heteroatoms. The third-order valence-corrected chi connectivity index (χ3v) is 5.99. The number of ether oxygens (including phenoxy) is 2. The Bertz CT molecular complexity index is 936. The van der Waals surface area contributed by atoms with Crippen LogP contribution in [0.25, 0.3) is 10.1 Å². The average molecular weight is 377 g/mol. The number of aryl methyl sites for hydroxylation is 1. The van der Waals surface area contributed by atoms with Crippen LogP contribution >= 0.6 is 11.3 Å². The first-order valence-electron chi connectivity index (χ1n) is 8.53. The van der Waals surface area contributed by atoms with Crippen LogP contribution < -0.4 is 10.5 Å². The zero-order valence-corrected chi connectivity index (χ0v) is 15.4. The van der Waals surface area contributed by atoms with Crippen LogP contribution in [0.5, 0.6) is 0 Å². The summed E-state index contributed by atoms with van der Waals surface area (Å²) < 4.78 is 12.1. The molecule has 0 bridgehead atoms. The summed E-state index contributed by atoms with van der Waals surface area (Å²) in [5.41, 5.74) is 0.200. The first kappa shape index (κ1) is 17.3. The number of nitro benzene ring substituents is 1. The highest BCUT2D eigenvalue weighted by Crippen LogP contribution is 2.37. The summed E-state index contributed by atoms with van der Waals surface area (Å²) in [6.45, 7) is 5.56. The number of nitrogens with zero attached hydrogens (tertiary/aromatic N) is 3. The highest BCUT2D eigenvalue weighted by atomic mass is 32.1. The van der Waals surface area contributed by atoms with Gasteiger partial charge in [-0.15, -0.1) is 0 Å². The molecule has 26 heavy (non-hydrogen) atoms. The third-order valence-electron chi connectivity index (χ3n) is 4.82. The summed E-state index contributed by atoms with van der Waals surface area (Å²) in [5, 5.41) is 12.2. The molecule has 0 radical (unpaired) electrons. The second-order valence-electron chi connectivity index (χ2n) is 6.86. The Hall–Kier alpha value is -2.10. The van der Waals surface area contributed by atoms with E-state index in [0.29, 0.717) is 53.3 Å². The molecule has 1 atom stereocenters. The molecule has 2 saturated heterocycles. The number of nitro groups is 1. The molecule has 138 valence electrons. The number of benzene rings is 1. The van der Waals surface area contributed by atoms with Crippen molar-refractivity contribution in [3.63, 3.8) is 0 Å². The lowest BCUT2D eigenvalue weighted by Crippen LogP contribution is -2.45. The largest absolute Gasteiger partial charge is 0.348 e. The Morgan fingerprint density at radius 2 is 2.12 bits per heavy atom. The van der Waals surface area contributed by atoms with Gasteiger partial charge in [0.15, 0.2) is 10.9 Å². The smallest absolute Gasteiger partial charge is 0.287 e. The number of piperidine rings is 1. The molecule has 2 aromatic rings. The van der Waals surface area contributed by atoms with Gasteiger partial charge in [-0.2, -0.15) is 4.98 Å². The van der Waals surface area contributed by atoms with Gasteiger partial charge in [0.1, 0.15) is 4.70 Å². The maximum Gasteiger partial charge on any atom is 0.287 e. The molecule has 8 nitrogen and oxygen atoms in total. The lowest BCUT2D eigenvalue weighted by molar-refractivity contribution is -0.382. The number of anilines is 1. The van der Waals surface area contributed by atoms with Crippen molar-refractivity contribution < 1.29 is 14.4 Å². The Labute approximate surface area is 153 Å². The van der Waals surface area contributed by atoms with Crippen LogP contribution in [-0.4, -0.2) is 41.5 Å². The van der Waals surface area contributed by atoms with Gasteiger partial charge in [-0.3, -0.25) is 14.9 Å². The third kappa shape index (κ3) is 2.95. The average Bonchev–Trinajstić information content (AvgIpc) is 2.95. The van der Waals surface area contributed by atoms with Crippen molar-refractivity contribution in [2.75, 3.05) is 24.6 Å². The van der Waals surface area contributed by atoms with Gasteiger partial charge in [0, 0.05) is 32.0 Å². The molecule has 2 aliphatic rings. The summed E-state index contributed by atoms with van der Waals surface area (Å²) in [4.78, 5) is 29.6. The number of hydrogen-bond donors (Lipinski definition) is 0. The zero-order valence-electron chi connectivity index (χ0n) is 14.6. The molecule has 0 N–H and O–H groups in total. The molecular weight excluding hydrogens is 358 g/mol. The lowest BCUT2D eigenvalue weighted by Gasteiger charge is -2.37. The van der Waals surface area contributed by atoms with Crippen molar-refractivity contribution in [2.45, 2.75) is 38.6 Å². The summed E-state index contributed by atoms with van der Waals surface area (Å²) in [6, 6.07) is 3.15. The topological polar surface area (TPSA) is 94.8 Å². The van der Waals surface area contributed by atoms with E-state index >= 15 is 0 Å². The molecule has 0 aliphatic carbocycles. The summed E-state index contributed by atoms with van der Waals surface area (Å²) >= 11 is 1.19. The molecule has 0 unspecified atom stereocenters. The number of rotatable bonds is 2. The van der Waals surface area contributed by atoms with Gasteiger partial charge in [-0.1, -0.05) is 11.3 Å². The number of aromatic nitrogens is 1. The Balaban J connectivity index is 1.68. The van der Waals surface area contributed by atoms with Gasteiger partial charge in [-0.05, 0) is 25.5 Å². The van der Waals surface area contributed by atoms with Crippen molar-refractivity contribution >= 4 is 32.2 Å². The van der Waals surface area contributed by atoms with E-state index < -0.39 is 16.3 Å². The monoisotopic (exact) mass is 377 g/mol. The minimum atomic E-state index is -0.541. The molecule has 1 aromatic carbocycles. The predicted molar refractivity (Wildman–Crippen MR) is 98.0 cm³/mol. The second-order valence-corrected chi connectivity index (χ2v) is 7.83. The van der Waals surface area contributed by atoms with Crippen LogP contribution in [0.4, 0.5) is 10.8 Å². The van der Waals surface area contributed by atoms with Gasteiger partial charge < -0.3 is 14.4 Å². The molecule has 1 aromatic heterocycles. The Morgan fingerprint density at radius 3 is 2.73 bits per heavy atom. The van der Waals surface area contributed by atoms with Crippen molar-refractivity contribution in [3.8, 4) is 0 Å². The number of hydrogen-bond acceptors (Lipinski definition) is 8. The summed E-state index contributed by atoms with van der Waals surface area (Å²) in [6.07, 6.45) is 1.43. The van der Waals surface area contributed by atoms with Gasteiger partial charge in [0.25, 0.3) is 11.2 Å². The first-order valence-corrected chi connectivity index (χ1v) is 9.35. The van der Waals surface area contributed by atoms with Crippen LogP contribution in [0.2, 0.25) is 0 Å². The van der Waals surface area contributed by atoms with Crippen LogP contribution in [0.3, 0.4) is 0 Å². The minimum Gasteiger partial charge on any atom is -0.348 e. The lowest BCUT2D eigenvalue weighted by atomic mass is 10.0. The van der Waals surface area contributed by atoms with Gasteiger partial charge >= 0.3 is 0 Å². The molecule has 2 aliphatic heterocycles. The van der Waals surface area contributed by atoms with Crippen molar-refractivity contribution in [3.05, 3.63) is 38.2 Å². The molecule has 0 saturated carbocycles. The number of fused-ring (bicyclic) bond motifs is 1. The fraction of sp³-hybridized carbons (Fsp3) is 0.529. The molecule has 2 fully saturated rings. The van der Waals surface area contributed by atoms with E-state index in [1.165, 1.54) is 17.4 Å². The van der Waals surface area contributed by atoms with Crippen molar-refractivity contribution in [2.24, 2.45) is 0 Å². The van der Waals surface area contributed by atoms with E-state index in [1.54, 1.807) is 13.0 Å². The first-order chi connectivity index (χ1) is 12.4. The SMILES string of the molecule is Cc1cc([N+](=O)[O-])c2sc(N3CCC4(CC3)OC[C@H](C)O4)nc(=O)c2c1. The van der Waals surface area contributed by atoms with Crippen LogP contribution in [0.15, 0.2) is 16.9 Å². The standard InChI is InChI=1S/C17H19N3O5S/c1-10-7-12-14(13(8-10)20(22)23)26-16(18-15(12)21)19-5-3-17(4-6-19)24-9-11(2)25-17/h7-8,11H,3-6,9H2,1-2H3/t11-/m0/s1.